The van der Waals surface area contributed by atoms with Crippen molar-refractivity contribution in [2.75, 3.05) is 22.5 Å². The average molecular weight is 389 g/mol. The lowest BCUT2D eigenvalue weighted by molar-refractivity contribution is 0.236. The fraction of sp³-hybridized carbons (Fsp3) is 0.647. The van der Waals surface area contributed by atoms with Gasteiger partial charge in [-0.15, -0.1) is 10.2 Å². The van der Waals surface area contributed by atoms with Crippen LogP contribution in [0.3, 0.4) is 0 Å². The Kier molecular flexibility index (Phi) is 3.77. The Bertz CT molecular complexity index is 930. The Balaban J connectivity index is 1.52. The maximum atomic E-state index is 12.6. The summed E-state index contributed by atoms with van der Waals surface area (Å²) in [6, 6.07) is 0. The van der Waals surface area contributed by atoms with Gasteiger partial charge in [0.25, 0.3) is 0 Å². The number of aliphatic hydroxyl groups excluding tert-OH is 1. The molecule has 4 heterocycles. The summed E-state index contributed by atoms with van der Waals surface area (Å²) in [7, 11) is -1.10. The zero-order valence-corrected chi connectivity index (χ0v) is 16.2. The molecular weight excluding hydrogens is 366 g/mol. The molecule has 2 aromatic rings. The molecular formula is C17H23N7O2S. The lowest BCUT2D eigenvalue weighted by Gasteiger charge is -2.29. The monoisotopic (exact) mass is 389 g/mol. The third-order valence-corrected chi connectivity index (χ3v) is 7.40. The first-order valence-electron chi connectivity index (χ1n) is 9.35. The molecule has 0 saturated heterocycles. The highest BCUT2D eigenvalue weighted by Crippen LogP contribution is 2.46. The van der Waals surface area contributed by atoms with Crippen LogP contribution < -0.4 is 10.2 Å². The van der Waals surface area contributed by atoms with Crippen LogP contribution in [0.4, 0.5) is 11.8 Å². The summed E-state index contributed by atoms with van der Waals surface area (Å²) in [5.74, 6) is 2.94. The quantitative estimate of drug-likeness (QED) is 0.770. The van der Waals surface area contributed by atoms with Crippen LogP contribution >= 0.6 is 0 Å². The first-order valence-corrected chi connectivity index (χ1v) is 10.7. The number of nitrogens with zero attached hydrogens (tertiary/aromatic N) is 6. The summed E-state index contributed by atoms with van der Waals surface area (Å²) < 4.78 is 14.6. The van der Waals surface area contributed by atoms with Crippen LogP contribution in [0, 0.1) is 5.92 Å². The fourth-order valence-electron chi connectivity index (χ4n) is 4.03. The molecule has 0 radical (unpaired) electrons. The van der Waals surface area contributed by atoms with Crippen LogP contribution in [-0.4, -0.2) is 58.0 Å². The van der Waals surface area contributed by atoms with Crippen molar-refractivity contribution in [3.8, 4) is 0 Å². The highest BCUT2D eigenvalue weighted by Gasteiger charge is 2.56. The number of aromatic nitrogens is 5. The van der Waals surface area contributed by atoms with Gasteiger partial charge in [-0.05, 0) is 5.92 Å². The molecule has 0 spiro atoms. The van der Waals surface area contributed by atoms with Crippen molar-refractivity contribution >= 4 is 22.6 Å². The summed E-state index contributed by atoms with van der Waals surface area (Å²) in [5, 5.41) is 21.8. The van der Waals surface area contributed by atoms with Crippen LogP contribution in [0.5, 0.6) is 0 Å². The van der Waals surface area contributed by atoms with E-state index in [4.69, 9.17) is 9.97 Å². The van der Waals surface area contributed by atoms with Gasteiger partial charge < -0.3 is 19.9 Å². The van der Waals surface area contributed by atoms with Crippen molar-refractivity contribution in [3.63, 3.8) is 0 Å². The maximum absolute atomic E-state index is 12.6. The molecule has 3 atom stereocenters. The molecule has 10 heteroatoms. The van der Waals surface area contributed by atoms with E-state index >= 15 is 0 Å². The van der Waals surface area contributed by atoms with Crippen molar-refractivity contribution in [1.82, 2.24) is 24.7 Å². The minimum atomic E-state index is -1.10. The van der Waals surface area contributed by atoms with Crippen LogP contribution in [0.1, 0.15) is 31.8 Å². The zero-order chi connectivity index (χ0) is 18.8. The van der Waals surface area contributed by atoms with E-state index in [-0.39, 0.29) is 5.92 Å². The van der Waals surface area contributed by atoms with Crippen LogP contribution in [0.25, 0.3) is 0 Å². The van der Waals surface area contributed by atoms with E-state index in [9.17, 15) is 9.32 Å². The molecule has 2 N–H and O–H groups in total. The number of nitrogens with one attached hydrogen (secondary N) is 1. The molecule has 0 bridgehead atoms. The van der Waals surface area contributed by atoms with Gasteiger partial charge in [0.2, 0.25) is 5.95 Å². The third-order valence-electron chi connectivity index (χ3n) is 5.94. The summed E-state index contributed by atoms with van der Waals surface area (Å²) in [6.45, 7) is 6.32. The molecule has 1 fully saturated rings. The first kappa shape index (κ1) is 17.1. The normalized spacial score (nSPS) is 29.0. The minimum Gasteiger partial charge on any atom is -0.391 e. The standard InChI is InChI=1S/C17H23N7O2S/c1-10(2)17(7-12(17)25)21-15-14-11(3-6-27(14)26)19-16(20-15)23-4-5-24-9-18-22-13(24)8-23/h9-10,12,25H,3-8H2,1-2H3,(H,19,20,21)/t12-,17+,27?/m1/s1. The van der Waals surface area contributed by atoms with E-state index < -0.39 is 22.4 Å². The summed E-state index contributed by atoms with van der Waals surface area (Å²) in [5.41, 5.74) is 0.454. The Morgan fingerprint density at radius 1 is 1.37 bits per heavy atom. The molecule has 9 nitrogen and oxygen atoms in total. The predicted octanol–water partition coefficient (Wildman–Crippen LogP) is 0.323. The topological polar surface area (TPSA) is 109 Å². The van der Waals surface area contributed by atoms with Crippen LogP contribution in [-0.2, 0) is 30.3 Å². The van der Waals surface area contributed by atoms with E-state index in [1.807, 2.05) is 4.57 Å². The Morgan fingerprint density at radius 2 is 2.19 bits per heavy atom. The van der Waals surface area contributed by atoms with Gasteiger partial charge in [-0.25, -0.2) is 4.98 Å². The van der Waals surface area contributed by atoms with Gasteiger partial charge in [-0.2, -0.15) is 4.98 Å². The molecule has 0 amide bonds. The summed E-state index contributed by atoms with van der Waals surface area (Å²) >= 11 is 0. The van der Waals surface area contributed by atoms with Gasteiger partial charge in [0.15, 0.2) is 5.82 Å². The second kappa shape index (κ2) is 5.96. The van der Waals surface area contributed by atoms with Gasteiger partial charge in [-0.1, -0.05) is 13.8 Å². The van der Waals surface area contributed by atoms with E-state index in [2.05, 4.69) is 34.3 Å². The molecule has 1 unspecified atom stereocenters. The summed E-state index contributed by atoms with van der Waals surface area (Å²) in [6.07, 6.45) is 2.70. The minimum absolute atomic E-state index is 0.241. The molecule has 1 aliphatic carbocycles. The van der Waals surface area contributed by atoms with Gasteiger partial charge in [0.1, 0.15) is 17.0 Å². The van der Waals surface area contributed by atoms with Gasteiger partial charge in [0, 0.05) is 31.7 Å². The van der Waals surface area contributed by atoms with E-state index in [0.29, 0.717) is 41.8 Å². The largest absolute Gasteiger partial charge is 0.391 e. The van der Waals surface area contributed by atoms with Crippen molar-refractivity contribution in [1.29, 1.82) is 0 Å². The number of aryl methyl sites for hydroxylation is 1. The second-order valence-electron chi connectivity index (χ2n) is 7.85. The Labute approximate surface area is 159 Å². The SMILES string of the molecule is CC(C)[C@@]1(Nc2nc(N3CCn4cnnc4C3)nc3c2S(=O)CC3)C[C@H]1O. The molecule has 5 rings (SSSR count). The lowest BCUT2D eigenvalue weighted by Crippen LogP contribution is -2.36. The van der Waals surface area contributed by atoms with Gasteiger partial charge in [0.05, 0.1) is 34.7 Å². The van der Waals surface area contributed by atoms with E-state index in [1.165, 1.54) is 0 Å². The molecule has 0 aromatic carbocycles. The maximum Gasteiger partial charge on any atom is 0.228 e. The molecule has 2 aliphatic heterocycles. The Morgan fingerprint density at radius 3 is 2.93 bits per heavy atom. The first-order chi connectivity index (χ1) is 13.0. The van der Waals surface area contributed by atoms with Crippen molar-refractivity contribution in [3.05, 3.63) is 17.8 Å². The molecule has 144 valence electrons. The van der Waals surface area contributed by atoms with Crippen molar-refractivity contribution in [2.45, 2.75) is 56.3 Å². The Hall–Kier alpha value is -2.07. The average Bonchev–Trinajstić information content (AvgIpc) is 3.00. The van der Waals surface area contributed by atoms with E-state index in [1.54, 1.807) is 6.33 Å². The second-order valence-corrected chi connectivity index (χ2v) is 9.36. The molecule has 1 saturated carbocycles. The number of fused-ring (bicyclic) bond motifs is 2. The third kappa shape index (κ3) is 2.65. The molecule has 3 aliphatic rings. The highest BCUT2D eigenvalue weighted by atomic mass is 32.2. The van der Waals surface area contributed by atoms with Crippen LogP contribution in [0.15, 0.2) is 11.2 Å². The van der Waals surface area contributed by atoms with Gasteiger partial charge in [-0.3, -0.25) is 4.21 Å². The smallest absolute Gasteiger partial charge is 0.228 e. The number of hydrogen-bond donors (Lipinski definition) is 2. The molecule has 2 aromatic heterocycles. The number of rotatable bonds is 4. The summed E-state index contributed by atoms with van der Waals surface area (Å²) in [4.78, 5) is 12.3. The molecule has 27 heavy (non-hydrogen) atoms. The van der Waals surface area contributed by atoms with E-state index in [0.717, 1.165) is 24.6 Å². The van der Waals surface area contributed by atoms with Crippen LogP contribution in [0.2, 0.25) is 0 Å². The predicted molar refractivity (Wildman–Crippen MR) is 99.9 cm³/mol. The highest BCUT2D eigenvalue weighted by molar-refractivity contribution is 7.85. The lowest BCUT2D eigenvalue weighted by atomic mass is 10.0. The number of aliphatic hydroxyl groups is 1. The number of hydrogen-bond acceptors (Lipinski definition) is 8. The van der Waals surface area contributed by atoms with Crippen molar-refractivity contribution < 1.29 is 9.32 Å². The van der Waals surface area contributed by atoms with Gasteiger partial charge >= 0.3 is 0 Å². The number of anilines is 2. The fourth-order valence-corrected chi connectivity index (χ4v) is 5.33. The van der Waals surface area contributed by atoms with Crippen molar-refractivity contribution in [2.24, 2.45) is 5.92 Å². The zero-order valence-electron chi connectivity index (χ0n) is 15.4.